The summed E-state index contributed by atoms with van der Waals surface area (Å²) in [5.41, 5.74) is 4.21. The van der Waals surface area contributed by atoms with Crippen LogP contribution in [-0.2, 0) is 0 Å². The van der Waals surface area contributed by atoms with Crippen molar-refractivity contribution >= 4 is 38.9 Å². The highest BCUT2D eigenvalue weighted by atomic mass is 32.1. The number of fused-ring (bicyclic) bond motifs is 2. The van der Waals surface area contributed by atoms with Crippen LogP contribution in [0.1, 0.15) is 16.2 Å². The second kappa shape index (κ2) is 6.27. The minimum absolute atomic E-state index is 0.0643. The van der Waals surface area contributed by atoms with E-state index >= 15 is 0 Å². The third-order valence-corrected chi connectivity index (χ3v) is 5.72. The molecule has 0 bridgehead atoms. The molecule has 0 saturated carbocycles. The highest BCUT2D eigenvalue weighted by Crippen LogP contribution is 2.22. The number of aryl methyl sites for hydroxylation is 1. The van der Waals surface area contributed by atoms with Crippen molar-refractivity contribution in [2.75, 3.05) is 31.1 Å². The predicted molar refractivity (Wildman–Crippen MR) is 103 cm³/mol. The van der Waals surface area contributed by atoms with Gasteiger partial charge in [0.05, 0.1) is 15.7 Å². The fraction of sp³-hybridized carbons (Fsp3) is 0.278. The normalized spacial score (nSPS) is 15.0. The summed E-state index contributed by atoms with van der Waals surface area (Å²) in [5, 5.41) is 8.37. The highest BCUT2D eigenvalue weighted by Gasteiger charge is 2.25. The molecule has 8 nitrogen and oxygen atoms in total. The molecule has 1 aliphatic heterocycles. The van der Waals surface area contributed by atoms with E-state index in [0.29, 0.717) is 31.7 Å². The second-order valence-electron chi connectivity index (χ2n) is 6.51. The lowest BCUT2D eigenvalue weighted by molar-refractivity contribution is 0.0747. The number of hydrogen-bond donors (Lipinski definition) is 0. The quantitative estimate of drug-likeness (QED) is 0.530. The molecule has 1 aliphatic rings. The average molecular weight is 379 g/mol. The van der Waals surface area contributed by atoms with Crippen LogP contribution in [-0.4, -0.2) is 61.6 Å². The molecule has 136 valence electrons. The van der Waals surface area contributed by atoms with Gasteiger partial charge >= 0.3 is 0 Å². The minimum atomic E-state index is 0.0643. The molecule has 0 radical (unpaired) electrons. The molecule has 27 heavy (non-hydrogen) atoms. The predicted octanol–water partition coefficient (Wildman–Crippen LogP) is 2.00. The monoisotopic (exact) mass is 379 g/mol. The van der Waals surface area contributed by atoms with E-state index < -0.39 is 0 Å². The van der Waals surface area contributed by atoms with Crippen molar-refractivity contribution < 1.29 is 4.79 Å². The largest absolute Gasteiger partial charge is 0.350 e. The molecule has 0 spiro atoms. The van der Waals surface area contributed by atoms with E-state index in [1.165, 1.54) is 0 Å². The van der Waals surface area contributed by atoms with Gasteiger partial charge in [-0.1, -0.05) is 0 Å². The van der Waals surface area contributed by atoms with Crippen molar-refractivity contribution in [3.63, 3.8) is 0 Å². The number of carbonyl (C=O) groups is 1. The van der Waals surface area contributed by atoms with Crippen LogP contribution in [0.5, 0.6) is 0 Å². The second-order valence-corrected chi connectivity index (χ2v) is 7.39. The molecule has 1 fully saturated rings. The van der Waals surface area contributed by atoms with Crippen LogP contribution in [0, 0.1) is 6.92 Å². The molecule has 0 atom stereocenters. The van der Waals surface area contributed by atoms with Crippen LogP contribution in [0.15, 0.2) is 36.1 Å². The van der Waals surface area contributed by atoms with E-state index in [9.17, 15) is 4.79 Å². The van der Waals surface area contributed by atoms with Gasteiger partial charge in [-0.3, -0.25) is 9.20 Å². The number of amides is 1. The molecule has 9 heteroatoms. The molecular weight excluding hydrogens is 362 g/mol. The third kappa shape index (κ3) is 2.71. The molecule has 4 heterocycles. The first-order valence-corrected chi connectivity index (χ1v) is 9.62. The van der Waals surface area contributed by atoms with Crippen LogP contribution < -0.4 is 4.90 Å². The van der Waals surface area contributed by atoms with Gasteiger partial charge in [0, 0.05) is 44.1 Å². The Hall–Kier alpha value is -3.07. The summed E-state index contributed by atoms with van der Waals surface area (Å²) >= 11 is 1.55. The van der Waals surface area contributed by atoms with Crippen molar-refractivity contribution in [3.05, 3.63) is 47.5 Å². The van der Waals surface area contributed by atoms with E-state index in [1.54, 1.807) is 23.0 Å². The molecule has 3 aromatic heterocycles. The fourth-order valence-corrected chi connectivity index (χ4v) is 4.16. The number of carbonyl (C=O) groups excluding carboxylic acids is 1. The third-order valence-electron chi connectivity index (χ3n) is 4.92. The smallest absolute Gasteiger partial charge is 0.254 e. The zero-order valence-corrected chi connectivity index (χ0v) is 15.6. The van der Waals surface area contributed by atoms with Crippen molar-refractivity contribution in [1.82, 2.24) is 29.5 Å². The SMILES string of the molecule is Cc1nnc2c(N3CCN(C(=O)c4ccc5ncsc5c4)CC3)nccn12. The molecule has 4 aromatic rings. The van der Waals surface area contributed by atoms with E-state index in [-0.39, 0.29) is 5.91 Å². The number of nitrogens with zero attached hydrogens (tertiary/aromatic N) is 7. The fourth-order valence-electron chi connectivity index (χ4n) is 3.44. The minimum Gasteiger partial charge on any atom is -0.350 e. The van der Waals surface area contributed by atoms with E-state index in [0.717, 1.165) is 27.5 Å². The van der Waals surface area contributed by atoms with Gasteiger partial charge in [0.1, 0.15) is 5.82 Å². The van der Waals surface area contributed by atoms with Crippen molar-refractivity contribution in [3.8, 4) is 0 Å². The Bertz CT molecular complexity index is 1140. The van der Waals surface area contributed by atoms with Crippen LogP contribution in [0.2, 0.25) is 0 Å². The standard InChI is InChI=1S/C18H17N7OS/c1-12-21-22-17-16(19-4-5-25(12)17)23-6-8-24(9-7-23)18(26)13-2-3-14-15(10-13)27-11-20-14/h2-5,10-11H,6-9H2,1H3. The maximum atomic E-state index is 12.9. The van der Waals surface area contributed by atoms with Gasteiger partial charge in [-0.25, -0.2) is 9.97 Å². The Labute approximate surface area is 159 Å². The average Bonchev–Trinajstić information content (AvgIpc) is 3.33. The molecule has 0 N–H and O–H groups in total. The summed E-state index contributed by atoms with van der Waals surface area (Å²) in [4.78, 5) is 25.7. The van der Waals surface area contributed by atoms with E-state index in [1.807, 2.05) is 40.6 Å². The van der Waals surface area contributed by atoms with Crippen LogP contribution >= 0.6 is 11.3 Å². The Morgan fingerprint density at radius 1 is 1.11 bits per heavy atom. The maximum absolute atomic E-state index is 12.9. The van der Waals surface area contributed by atoms with Gasteiger partial charge in [0.25, 0.3) is 5.91 Å². The lowest BCUT2D eigenvalue weighted by Crippen LogP contribution is -2.49. The molecule has 1 aromatic carbocycles. The summed E-state index contributed by atoms with van der Waals surface area (Å²) in [6.07, 6.45) is 3.63. The molecule has 0 aliphatic carbocycles. The zero-order valence-electron chi connectivity index (χ0n) is 14.7. The molecule has 5 rings (SSSR count). The van der Waals surface area contributed by atoms with Crippen LogP contribution in [0.25, 0.3) is 15.9 Å². The highest BCUT2D eigenvalue weighted by molar-refractivity contribution is 7.16. The first kappa shape index (κ1) is 16.1. The van der Waals surface area contributed by atoms with Crippen molar-refractivity contribution in [2.45, 2.75) is 6.92 Å². The van der Waals surface area contributed by atoms with Crippen LogP contribution in [0.3, 0.4) is 0 Å². The van der Waals surface area contributed by atoms with Crippen molar-refractivity contribution in [2.24, 2.45) is 0 Å². The van der Waals surface area contributed by atoms with Gasteiger partial charge in [-0.2, -0.15) is 0 Å². The van der Waals surface area contributed by atoms with Crippen molar-refractivity contribution in [1.29, 1.82) is 0 Å². The molecule has 0 unspecified atom stereocenters. The zero-order chi connectivity index (χ0) is 18.4. The summed E-state index contributed by atoms with van der Waals surface area (Å²) in [7, 11) is 0. The summed E-state index contributed by atoms with van der Waals surface area (Å²) in [6.45, 7) is 4.64. The Morgan fingerprint density at radius 2 is 1.96 bits per heavy atom. The Balaban J connectivity index is 1.34. The van der Waals surface area contributed by atoms with E-state index in [2.05, 4.69) is 25.1 Å². The van der Waals surface area contributed by atoms with E-state index in [4.69, 9.17) is 0 Å². The number of hydrogen-bond acceptors (Lipinski definition) is 7. The van der Waals surface area contributed by atoms with Gasteiger partial charge in [-0.05, 0) is 25.1 Å². The van der Waals surface area contributed by atoms with Gasteiger partial charge in [-0.15, -0.1) is 21.5 Å². The molecular formula is C18H17N7OS. The number of piperazine rings is 1. The summed E-state index contributed by atoms with van der Waals surface area (Å²) in [6, 6.07) is 5.70. The number of thiazole rings is 1. The first-order chi connectivity index (χ1) is 13.2. The van der Waals surface area contributed by atoms with Crippen LogP contribution in [0.4, 0.5) is 5.82 Å². The maximum Gasteiger partial charge on any atom is 0.254 e. The number of rotatable bonds is 2. The lowest BCUT2D eigenvalue weighted by atomic mass is 10.1. The number of benzene rings is 1. The topological polar surface area (TPSA) is 79.5 Å². The van der Waals surface area contributed by atoms with Gasteiger partial charge in [0.15, 0.2) is 5.82 Å². The summed E-state index contributed by atoms with van der Waals surface area (Å²) in [5.74, 6) is 1.71. The Morgan fingerprint density at radius 3 is 2.81 bits per heavy atom. The molecule has 1 amide bonds. The summed E-state index contributed by atoms with van der Waals surface area (Å²) < 4.78 is 2.97. The number of aromatic nitrogens is 5. The molecule has 1 saturated heterocycles. The Kier molecular flexibility index (Phi) is 3.75. The lowest BCUT2D eigenvalue weighted by Gasteiger charge is -2.35. The number of anilines is 1. The van der Waals surface area contributed by atoms with Gasteiger partial charge in [0.2, 0.25) is 5.65 Å². The first-order valence-electron chi connectivity index (χ1n) is 8.74. The van der Waals surface area contributed by atoms with Gasteiger partial charge < -0.3 is 9.80 Å².